The normalized spacial score (nSPS) is 15.7. The summed E-state index contributed by atoms with van der Waals surface area (Å²) in [4.78, 5) is 16.5. The summed E-state index contributed by atoms with van der Waals surface area (Å²) < 4.78 is 18.0. The molecule has 1 aliphatic heterocycles. The van der Waals surface area contributed by atoms with Crippen LogP contribution in [0.3, 0.4) is 0 Å². The number of nitrogens with zero attached hydrogens (tertiary/aromatic N) is 2. The van der Waals surface area contributed by atoms with Crippen molar-refractivity contribution in [2.24, 2.45) is 11.3 Å². The van der Waals surface area contributed by atoms with Crippen LogP contribution in [0, 0.1) is 18.3 Å². The van der Waals surface area contributed by atoms with Crippen molar-refractivity contribution in [1.29, 1.82) is 0 Å². The number of hydrogen-bond acceptors (Lipinski definition) is 3. The van der Waals surface area contributed by atoms with Gasteiger partial charge in [0, 0.05) is 38.3 Å². The number of carbonyl (C=O) groups is 1. The summed E-state index contributed by atoms with van der Waals surface area (Å²) in [6.45, 7) is 30.0. The quantitative estimate of drug-likeness (QED) is 0.333. The highest BCUT2D eigenvalue weighted by atomic mass is 19.1. The molecule has 1 aromatic carbocycles. The molecule has 0 aromatic heterocycles. The predicted octanol–water partition coefficient (Wildman–Crippen LogP) is 9.38. The van der Waals surface area contributed by atoms with Crippen LogP contribution in [0.4, 0.5) is 9.18 Å². The third kappa shape index (κ3) is 15.2. The van der Waals surface area contributed by atoms with Gasteiger partial charge in [0.25, 0.3) is 0 Å². The number of ether oxygens (including phenoxy) is 1. The van der Waals surface area contributed by atoms with E-state index >= 15 is 0 Å². The van der Waals surface area contributed by atoms with Gasteiger partial charge in [-0.25, -0.2) is 9.18 Å². The van der Waals surface area contributed by atoms with Crippen LogP contribution < -0.4 is 0 Å². The Morgan fingerprint density at radius 1 is 0.949 bits per heavy atom. The number of halogens is 1. The molecule has 0 radical (unpaired) electrons. The van der Waals surface area contributed by atoms with Gasteiger partial charge in [-0.15, -0.1) is 0 Å². The summed E-state index contributed by atoms with van der Waals surface area (Å²) in [5.41, 5.74) is 4.76. The Balaban J connectivity index is 0.000000920. The Kier molecular flexibility index (Phi) is 16.4. The highest BCUT2D eigenvalue weighted by molar-refractivity contribution is 5.68. The molecule has 4 nitrogen and oxygen atoms in total. The molecule has 1 aliphatic rings. The third-order valence-corrected chi connectivity index (χ3v) is 6.14. The summed E-state index contributed by atoms with van der Waals surface area (Å²) in [5.74, 6) is 0.512. The molecule has 5 heteroatoms. The van der Waals surface area contributed by atoms with Gasteiger partial charge in [0.15, 0.2) is 0 Å². The number of hydrogen-bond donors (Lipinski definition) is 0. The zero-order valence-electron chi connectivity index (χ0n) is 27.5. The van der Waals surface area contributed by atoms with Gasteiger partial charge in [0.1, 0.15) is 11.8 Å². The first kappa shape index (κ1) is 36.7. The van der Waals surface area contributed by atoms with Crippen molar-refractivity contribution in [1.82, 2.24) is 9.80 Å². The first-order valence-electron chi connectivity index (χ1n) is 14.9. The third-order valence-electron chi connectivity index (χ3n) is 6.14. The fourth-order valence-electron chi connectivity index (χ4n) is 4.42. The van der Waals surface area contributed by atoms with Crippen molar-refractivity contribution in [2.45, 2.75) is 115 Å². The first-order chi connectivity index (χ1) is 18.0. The van der Waals surface area contributed by atoms with Crippen LogP contribution in [-0.4, -0.2) is 53.8 Å². The van der Waals surface area contributed by atoms with Gasteiger partial charge < -0.3 is 14.5 Å². The summed E-state index contributed by atoms with van der Waals surface area (Å²) >= 11 is 0. The largest absolute Gasteiger partial charge is 0.444 e. The molecule has 1 unspecified atom stereocenters. The number of piperazine rings is 1. The Bertz CT molecular complexity index is 879. The Morgan fingerprint density at radius 2 is 1.44 bits per heavy atom. The second-order valence-corrected chi connectivity index (χ2v) is 12.5. The Morgan fingerprint density at radius 3 is 1.82 bits per heavy atom. The smallest absolute Gasteiger partial charge is 0.410 e. The van der Waals surface area contributed by atoms with E-state index in [0.29, 0.717) is 25.4 Å². The van der Waals surface area contributed by atoms with E-state index in [1.54, 1.807) is 6.92 Å². The maximum atomic E-state index is 12.5. The molecule has 224 valence electrons. The number of aryl methyl sites for hydroxylation is 1. The van der Waals surface area contributed by atoms with E-state index in [4.69, 9.17) is 4.74 Å². The van der Waals surface area contributed by atoms with Gasteiger partial charge in [-0.3, -0.25) is 0 Å². The van der Waals surface area contributed by atoms with Gasteiger partial charge in [0.2, 0.25) is 0 Å². The highest BCUT2D eigenvalue weighted by Gasteiger charge is 2.27. The molecule has 1 saturated heterocycles. The van der Waals surface area contributed by atoms with Crippen LogP contribution in [0.1, 0.15) is 101 Å². The zero-order chi connectivity index (χ0) is 30.4. The van der Waals surface area contributed by atoms with Crippen molar-refractivity contribution in [3.63, 3.8) is 0 Å². The van der Waals surface area contributed by atoms with E-state index in [9.17, 15) is 9.18 Å². The van der Waals surface area contributed by atoms with Gasteiger partial charge in [-0.2, -0.15) is 0 Å². The van der Waals surface area contributed by atoms with Crippen molar-refractivity contribution < 1.29 is 13.9 Å². The van der Waals surface area contributed by atoms with E-state index in [1.807, 2.05) is 70.7 Å². The number of carbonyl (C=O) groups excluding carboxylic acids is 1. The van der Waals surface area contributed by atoms with E-state index in [2.05, 4.69) is 58.6 Å². The molecule has 1 fully saturated rings. The first-order valence-corrected chi connectivity index (χ1v) is 14.9. The van der Waals surface area contributed by atoms with Crippen LogP contribution in [0.2, 0.25) is 0 Å². The summed E-state index contributed by atoms with van der Waals surface area (Å²) in [5, 5.41) is 0. The van der Waals surface area contributed by atoms with Gasteiger partial charge in [-0.1, -0.05) is 96.9 Å². The molecule has 0 saturated carbocycles. The van der Waals surface area contributed by atoms with Gasteiger partial charge in [0.05, 0.1) is 0 Å². The SMILES string of the molecule is CC.CCC=C(/C=C(\C(C)C)C(C)(C)C)N1CCN(C(=O)OC(C)(C)C)CC1.Cc1ccc(CC(C)F)cc1. The monoisotopic (exact) mass is 546 g/mol. The molecule has 0 aliphatic carbocycles. The molecule has 1 aromatic rings. The number of allylic oxidation sites excluding steroid dienone is 3. The number of alkyl halides is 1. The zero-order valence-corrected chi connectivity index (χ0v) is 27.5. The summed E-state index contributed by atoms with van der Waals surface area (Å²) in [7, 11) is 0. The average molecular weight is 547 g/mol. The lowest BCUT2D eigenvalue weighted by Crippen LogP contribution is -2.49. The lowest BCUT2D eigenvalue weighted by molar-refractivity contribution is 0.0171. The number of rotatable bonds is 6. The minimum absolute atomic E-state index is 0.152. The van der Waals surface area contributed by atoms with Crippen molar-refractivity contribution >= 4 is 6.09 Å². The molecule has 1 heterocycles. The van der Waals surface area contributed by atoms with Crippen molar-refractivity contribution in [2.75, 3.05) is 26.2 Å². The second kappa shape index (κ2) is 17.4. The number of amides is 1. The van der Waals surface area contributed by atoms with E-state index in [-0.39, 0.29) is 11.5 Å². The summed E-state index contributed by atoms with van der Waals surface area (Å²) in [6.07, 6.45) is 5.27. The van der Waals surface area contributed by atoms with Crippen molar-refractivity contribution in [3.05, 3.63) is 58.8 Å². The van der Waals surface area contributed by atoms with Crippen LogP contribution in [0.5, 0.6) is 0 Å². The number of benzene rings is 1. The molecule has 39 heavy (non-hydrogen) atoms. The van der Waals surface area contributed by atoms with E-state index in [1.165, 1.54) is 16.8 Å². The molecule has 2 rings (SSSR count). The second-order valence-electron chi connectivity index (χ2n) is 12.5. The minimum Gasteiger partial charge on any atom is -0.444 e. The maximum absolute atomic E-state index is 12.5. The van der Waals surface area contributed by atoms with E-state index < -0.39 is 11.8 Å². The molecule has 0 spiro atoms. The lowest BCUT2D eigenvalue weighted by atomic mass is 9.79. The van der Waals surface area contributed by atoms with E-state index in [0.717, 1.165) is 25.1 Å². The summed E-state index contributed by atoms with van der Waals surface area (Å²) in [6, 6.07) is 7.98. The Labute approximate surface area is 240 Å². The van der Waals surface area contributed by atoms with Gasteiger partial charge in [-0.05, 0) is 64.0 Å². The molecule has 1 atom stereocenters. The molecular weight excluding hydrogens is 487 g/mol. The van der Waals surface area contributed by atoms with Crippen LogP contribution in [-0.2, 0) is 11.2 Å². The van der Waals surface area contributed by atoms with Crippen molar-refractivity contribution in [3.8, 4) is 0 Å². The molecular formula is C34H59FN2O2. The highest BCUT2D eigenvalue weighted by Crippen LogP contribution is 2.33. The fourth-order valence-corrected chi connectivity index (χ4v) is 4.42. The molecule has 0 bridgehead atoms. The van der Waals surface area contributed by atoms with Crippen LogP contribution in [0.25, 0.3) is 0 Å². The maximum Gasteiger partial charge on any atom is 0.410 e. The molecule has 0 N–H and O–H groups in total. The van der Waals surface area contributed by atoms with Crippen LogP contribution in [0.15, 0.2) is 47.7 Å². The average Bonchev–Trinajstić information content (AvgIpc) is 2.82. The lowest BCUT2D eigenvalue weighted by Gasteiger charge is -2.38. The minimum atomic E-state index is -0.738. The topological polar surface area (TPSA) is 32.8 Å². The fraction of sp³-hybridized carbons (Fsp3) is 0.676. The standard InChI is InChI=1S/C22H40N2O2.C10H13F.C2H6/c1-10-11-18(16-19(17(2)3)21(4,5)6)23-12-14-24(15-13-23)20(25)26-22(7,8)9;1-8-3-5-10(6-4-8)7-9(2)11;1-2/h11,16-17H,10,12-15H2,1-9H3;3-6,9H,7H2,1-2H3;1-2H3/b18-11?,19-16+;;. The van der Waals surface area contributed by atoms with Crippen LogP contribution >= 0.6 is 0 Å². The predicted molar refractivity (Wildman–Crippen MR) is 167 cm³/mol. The Hall–Kier alpha value is -2.30. The van der Waals surface area contributed by atoms with Gasteiger partial charge >= 0.3 is 6.09 Å². The molecule has 1 amide bonds.